The van der Waals surface area contributed by atoms with E-state index in [0.29, 0.717) is 0 Å². The van der Waals surface area contributed by atoms with Crippen LogP contribution in [0.4, 0.5) is 11.4 Å². The van der Waals surface area contributed by atoms with Gasteiger partial charge in [-0.05, 0) is 31.3 Å². The Morgan fingerprint density at radius 1 is 1.45 bits per heavy atom. The van der Waals surface area contributed by atoms with E-state index in [0.717, 1.165) is 11.4 Å². The van der Waals surface area contributed by atoms with Crippen LogP contribution >= 0.6 is 0 Å². The summed E-state index contributed by atoms with van der Waals surface area (Å²) in [6.45, 7) is 5.53. The molecule has 0 aliphatic heterocycles. The second kappa shape index (κ2) is 3.19. The van der Waals surface area contributed by atoms with Gasteiger partial charge in [0.05, 0.1) is 11.4 Å². The van der Waals surface area contributed by atoms with Crippen LogP contribution in [0.25, 0.3) is 0 Å². The molecule has 0 fully saturated rings. The zero-order valence-electron chi connectivity index (χ0n) is 6.89. The third kappa shape index (κ3) is 1.58. The number of aliphatic imine (C=N–C) groups is 1. The van der Waals surface area contributed by atoms with E-state index in [1.807, 2.05) is 32.2 Å². The van der Waals surface area contributed by atoms with E-state index in [1.165, 1.54) is 5.56 Å². The molecule has 2 nitrogen and oxygen atoms in total. The average Bonchev–Trinajstić information content (AvgIpc) is 2.04. The molecule has 58 valence electrons. The Hall–Kier alpha value is -1.31. The van der Waals surface area contributed by atoms with Gasteiger partial charge in [0, 0.05) is 7.05 Å². The molecule has 1 aromatic rings. The molecule has 0 spiro atoms. The maximum atomic E-state index is 3.89. The second-order valence-corrected chi connectivity index (χ2v) is 2.43. The third-order valence-corrected chi connectivity index (χ3v) is 1.59. The number of aryl methyl sites for hydroxylation is 1. The maximum Gasteiger partial charge on any atom is 0.0856 e. The van der Waals surface area contributed by atoms with Crippen LogP contribution in [0.1, 0.15) is 5.56 Å². The van der Waals surface area contributed by atoms with Crippen LogP contribution in [-0.2, 0) is 0 Å². The summed E-state index contributed by atoms with van der Waals surface area (Å²) in [6.07, 6.45) is 0. The summed E-state index contributed by atoms with van der Waals surface area (Å²) in [5.41, 5.74) is 3.13. The van der Waals surface area contributed by atoms with Crippen LogP contribution in [0.2, 0.25) is 0 Å². The number of nitrogens with zero attached hydrogens (tertiary/aromatic N) is 1. The van der Waals surface area contributed by atoms with Crippen molar-refractivity contribution < 1.29 is 0 Å². The van der Waals surface area contributed by atoms with E-state index >= 15 is 0 Å². The first-order valence-corrected chi connectivity index (χ1v) is 3.53. The van der Waals surface area contributed by atoms with Gasteiger partial charge < -0.3 is 5.32 Å². The van der Waals surface area contributed by atoms with Crippen molar-refractivity contribution in [3.05, 3.63) is 23.8 Å². The van der Waals surface area contributed by atoms with Gasteiger partial charge in [0.15, 0.2) is 0 Å². The minimum atomic E-state index is 0.910. The highest BCUT2D eigenvalue weighted by molar-refractivity contribution is 5.68. The number of hydrogen-bond donors (Lipinski definition) is 1. The molecule has 1 rings (SSSR count). The monoisotopic (exact) mass is 148 g/mol. The number of hydrogen-bond acceptors (Lipinski definition) is 2. The molecule has 0 bridgehead atoms. The lowest BCUT2D eigenvalue weighted by atomic mass is 10.2. The van der Waals surface area contributed by atoms with E-state index in [-0.39, 0.29) is 0 Å². The highest BCUT2D eigenvalue weighted by Gasteiger charge is 1.96. The lowest BCUT2D eigenvalue weighted by molar-refractivity contribution is 1.40. The second-order valence-electron chi connectivity index (χ2n) is 2.43. The van der Waals surface area contributed by atoms with Crippen molar-refractivity contribution in [3.8, 4) is 0 Å². The summed E-state index contributed by atoms with van der Waals surface area (Å²) in [7, 11) is 1.87. The van der Waals surface area contributed by atoms with Gasteiger partial charge in [-0.3, -0.25) is 4.99 Å². The lowest BCUT2D eigenvalue weighted by Crippen LogP contribution is -1.87. The Morgan fingerprint density at radius 3 is 2.73 bits per heavy atom. The Labute approximate surface area is 67.0 Å². The Balaban J connectivity index is 3.16. The maximum absolute atomic E-state index is 3.89. The fourth-order valence-electron chi connectivity index (χ4n) is 0.984. The SMILES string of the molecule is C=Nc1cc(C)ccc1NC. The molecule has 1 aromatic carbocycles. The lowest BCUT2D eigenvalue weighted by Gasteiger charge is -2.04. The van der Waals surface area contributed by atoms with E-state index in [2.05, 4.69) is 17.0 Å². The minimum Gasteiger partial charge on any atom is -0.386 e. The number of rotatable bonds is 2. The summed E-state index contributed by atoms with van der Waals surface area (Å²) in [5.74, 6) is 0. The molecule has 0 aliphatic rings. The summed E-state index contributed by atoms with van der Waals surface area (Å²) >= 11 is 0. The van der Waals surface area contributed by atoms with Gasteiger partial charge in [-0.15, -0.1) is 0 Å². The van der Waals surface area contributed by atoms with Crippen molar-refractivity contribution in [2.45, 2.75) is 6.92 Å². The zero-order valence-corrected chi connectivity index (χ0v) is 6.89. The molecule has 0 aromatic heterocycles. The van der Waals surface area contributed by atoms with Crippen molar-refractivity contribution in [2.75, 3.05) is 12.4 Å². The molecule has 0 aliphatic carbocycles. The Morgan fingerprint density at radius 2 is 2.18 bits per heavy atom. The quantitative estimate of drug-likeness (QED) is 0.640. The molecule has 0 unspecified atom stereocenters. The molecule has 0 saturated carbocycles. The topological polar surface area (TPSA) is 24.4 Å². The van der Waals surface area contributed by atoms with Gasteiger partial charge in [-0.1, -0.05) is 6.07 Å². The predicted octanol–water partition coefficient (Wildman–Crippen LogP) is 2.37. The van der Waals surface area contributed by atoms with Gasteiger partial charge in [0.1, 0.15) is 0 Å². The number of nitrogens with one attached hydrogen (secondary N) is 1. The number of benzene rings is 1. The Bertz CT molecular complexity index is 266. The minimum absolute atomic E-state index is 0.910. The smallest absolute Gasteiger partial charge is 0.0856 e. The van der Waals surface area contributed by atoms with Crippen LogP contribution in [-0.4, -0.2) is 13.8 Å². The molecule has 0 saturated heterocycles. The first-order valence-electron chi connectivity index (χ1n) is 3.53. The third-order valence-electron chi connectivity index (χ3n) is 1.59. The standard InChI is InChI=1S/C9H12N2/c1-7-4-5-8(10-2)9(6-7)11-3/h4-6,10H,3H2,1-2H3. The zero-order chi connectivity index (χ0) is 8.27. The first-order chi connectivity index (χ1) is 5.27. The van der Waals surface area contributed by atoms with Crippen molar-refractivity contribution in [1.82, 2.24) is 0 Å². The van der Waals surface area contributed by atoms with Crippen LogP contribution in [0.15, 0.2) is 23.2 Å². The highest BCUT2D eigenvalue weighted by atomic mass is 14.9. The van der Waals surface area contributed by atoms with E-state index in [4.69, 9.17) is 0 Å². The van der Waals surface area contributed by atoms with Gasteiger partial charge >= 0.3 is 0 Å². The van der Waals surface area contributed by atoms with Gasteiger partial charge in [0.2, 0.25) is 0 Å². The largest absolute Gasteiger partial charge is 0.386 e. The Kier molecular flexibility index (Phi) is 2.26. The summed E-state index contributed by atoms with van der Waals surface area (Å²) in [6, 6.07) is 6.04. The number of anilines is 1. The molecule has 0 atom stereocenters. The molecule has 1 N–H and O–H groups in total. The fourth-order valence-corrected chi connectivity index (χ4v) is 0.984. The molecule has 0 heterocycles. The van der Waals surface area contributed by atoms with Crippen LogP contribution < -0.4 is 5.32 Å². The van der Waals surface area contributed by atoms with Crippen molar-refractivity contribution in [3.63, 3.8) is 0 Å². The molecule has 0 amide bonds. The highest BCUT2D eigenvalue weighted by Crippen LogP contribution is 2.24. The van der Waals surface area contributed by atoms with Gasteiger partial charge in [-0.2, -0.15) is 0 Å². The molecule has 2 heteroatoms. The normalized spacial score (nSPS) is 9.27. The molecular formula is C9H12N2. The molecule has 0 radical (unpaired) electrons. The fraction of sp³-hybridized carbons (Fsp3) is 0.222. The van der Waals surface area contributed by atoms with Crippen molar-refractivity contribution in [2.24, 2.45) is 4.99 Å². The van der Waals surface area contributed by atoms with Gasteiger partial charge in [0.25, 0.3) is 0 Å². The van der Waals surface area contributed by atoms with Crippen molar-refractivity contribution >= 4 is 18.1 Å². The average molecular weight is 148 g/mol. The summed E-state index contributed by atoms with van der Waals surface area (Å²) < 4.78 is 0. The van der Waals surface area contributed by atoms with Crippen LogP contribution in [0.3, 0.4) is 0 Å². The van der Waals surface area contributed by atoms with E-state index < -0.39 is 0 Å². The van der Waals surface area contributed by atoms with Crippen LogP contribution in [0.5, 0.6) is 0 Å². The van der Waals surface area contributed by atoms with Gasteiger partial charge in [-0.25, -0.2) is 0 Å². The van der Waals surface area contributed by atoms with E-state index in [1.54, 1.807) is 0 Å². The summed E-state index contributed by atoms with van der Waals surface area (Å²) in [4.78, 5) is 3.89. The van der Waals surface area contributed by atoms with E-state index in [9.17, 15) is 0 Å². The van der Waals surface area contributed by atoms with Crippen molar-refractivity contribution in [1.29, 1.82) is 0 Å². The molecular weight excluding hydrogens is 136 g/mol. The first kappa shape index (κ1) is 7.79. The predicted molar refractivity (Wildman–Crippen MR) is 49.9 cm³/mol. The summed E-state index contributed by atoms with van der Waals surface area (Å²) in [5, 5.41) is 3.04. The molecule has 11 heavy (non-hydrogen) atoms. The van der Waals surface area contributed by atoms with Crippen LogP contribution in [0, 0.1) is 6.92 Å².